The van der Waals surface area contributed by atoms with Gasteiger partial charge in [-0.2, -0.15) is 18.4 Å². The number of nitrogens with zero attached hydrogens (tertiary/aromatic N) is 6. The number of quaternary nitrogens is 1. The van der Waals surface area contributed by atoms with Crippen LogP contribution in [0.4, 0.5) is 18.9 Å². The lowest BCUT2D eigenvalue weighted by Gasteiger charge is -2.41. The molecule has 5 rings (SSSR count). The van der Waals surface area contributed by atoms with Crippen LogP contribution in [-0.4, -0.2) is 56.7 Å². The maximum atomic E-state index is 13.5. The second kappa shape index (κ2) is 11.5. The summed E-state index contributed by atoms with van der Waals surface area (Å²) >= 11 is 0. The highest BCUT2D eigenvalue weighted by Gasteiger charge is 2.41. The monoisotopic (exact) mass is 571 g/mol. The maximum absolute atomic E-state index is 13.5. The van der Waals surface area contributed by atoms with Crippen molar-refractivity contribution in [2.75, 3.05) is 26.2 Å². The number of hydrogen-bond acceptors (Lipinski definition) is 7. The van der Waals surface area contributed by atoms with Gasteiger partial charge in [0, 0.05) is 38.2 Å². The van der Waals surface area contributed by atoms with E-state index in [9.17, 15) is 28.4 Å². The predicted molar refractivity (Wildman–Crippen MR) is 142 cm³/mol. The summed E-state index contributed by atoms with van der Waals surface area (Å²) in [7, 11) is 0. The summed E-state index contributed by atoms with van der Waals surface area (Å²) in [6.07, 6.45) is -0.389. The van der Waals surface area contributed by atoms with Crippen molar-refractivity contribution in [3.05, 3.63) is 58.8 Å². The number of hydrogen-bond donors (Lipinski definition) is 1. The lowest BCUT2D eigenvalue weighted by molar-refractivity contribution is -0.497. The van der Waals surface area contributed by atoms with Crippen LogP contribution in [0.1, 0.15) is 43.4 Å². The lowest BCUT2D eigenvalue weighted by atomic mass is 9.84. The van der Waals surface area contributed by atoms with Crippen LogP contribution in [0.2, 0.25) is 0 Å². The summed E-state index contributed by atoms with van der Waals surface area (Å²) in [5.41, 5.74) is 2.61. The fraction of sp³-hybridized carbons (Fsp3) is 0.500. The summed E-state index contributed by atoms with van der Waals surface area (Å²) in [5.74, 6) is -0.417. The van der Waals surface area contributed by atoms with Gasteiger partial charge < -0.3 is 29.8 Å². The number of halogens is 3. The van der Waals surface area contributed by atoms with E-state index in [1.165, 1.54) is 6.08 Å². The standard InChI is InChI=1S/C28H32F3N7O3/c1-3-19(13-32)25(22-7-6-20(12-23(22)35-40)41-16-18-4-5-18)36-9-8-21(17(2)14-36)26(39)37-10-11-38-24(15-37)33-34-27(38)28(29,30)31/h3,6-7,12,17-18,21H,1,4-5,8-11,14-16,35H2,2H3. The van der Waals surface area contributed by atoms with Gasteiger partial charge in [0.05, 0.1) is 30.0 Å². The summed E-state index contributed by atoms with van der Waals surface area (Å²) in [6.45, 7) is 7.30. The van der Waals surface area contributed by atoms with E-state index < -0.39 is 12.0 Å². The maximum Gasteiger partial charge on any atom is 0.451 e. The van der Waals surface area contributed by atoms with Gasteiger partial charge in [0.2, 0.25) is 11.7 Å². The molecule has 0 spiro atoms. The van der Waals surface area contributed by atoms with Crippen molar-refractivity contribution >= 4 is 17.3 Å². The van der Waals surface area contributed by atoms with Crippen molar-refractivity contribution in [3.63, 3.8) is 0 Å². The first-order valence-electron chi connectivity index (χ1n) is 13.7. The number of aromatic nitrogens is 3. The van der Waals surface area contributed by atoms with Crippen LogP contribution in [-0.2, 0) is 24.1 Å². The van der Waals surface area contributed by atoms with Crippen LogP contribution in [0, 0.1) is 34.3 Å². The van der Waals surface area contributed by atoms with Gasteiger partial charge >= 0.3 is 6.18 Å². The van der Waals surface area contributed by atoms with Crippen LogP contribution in [0.25, 0.3) is 5.70 Å². The number of benzene rings is 1. The lowest BCUT2D eigenvalue weighted by Crippen LogP contribution is -2.70. The van der Waals surface area contributed by atoms with Crippen molar-refractivity contribution in [2.24, 2.45) is 17.8 Å². The zero-order chi connectivity index (χ0) is 29.3. The Balaban J connectivity index is 1.32. The van der Waals surface area contributed by atoms with E-state index in [4.69, 9.17) is 4.74 Å². The van der Waals surface area contributed by atoms with E-state index in [2.05, 4.69) is 22.8 Å². The van der Waals surface area contributed by atoms with E-state index in [-0.39, 0.29) is 43.2 Å². The topological polar surface area (TPSA) is 127 Å². The largest absolute Gasteiger partial charge is 0.630 e. The van der Waals surface area contributed by atoms with Crippen LogP contribution in [0.15, 0.2) is 36.4 Å². The van der Waals surface area contributed by atoms with Crippen LogP contribution in [0.5, 0.6) is 5.75 Å². The van der Waals surface area contributed by atoms with Crippen molar-refractivity contribution in [1.82, 2.24) is 24.6 Å². The highest BCUT2D eigenvalue weighted by Crippen LogP contribution is 2.37. The van der Waals surface area contributed by atoms with Crippen molar-refractivity contribution < 1.29 is 28.2 Å². The molecular formula is C28H32F3N7O3. The minimum atomic E-state index is -4.61. The van der Waals surface area contributed by atoms with E-state index in [0.717, 1.165) is 22.9 Å². The average molecular weight is 572 g/mol. The molecule has 0 bridgehead atoms. The molecule has 1 aromatic heterocycles. The molecule has 1 saturated carbocycles. The molecule has 2 aliphatic heterocycles. The summed E-state index contributed by atoms with van der Waals surface area (Å²) in [4.78, 5) is 17.1. The van der Waals surface area contributed by atoms with Crippen molar-refractivity contribution in [2.45, 2.75) is 45.5 Å². The van der Waals surface area contributed by atoms with Crippen LogP contribution < -0.4 is 10.2 Å². The van der Waals surface area contributed by atoms with Crippen molar-refractivity contribution in [3.8, 4) is 11.8 Å². The fourth-order valence-corrected chi connectivity index (χ4v) is 5.63. The van der Waals surface area contributed by atoms with E-state index in [1.807, 2.05) is 11.8 Å². The zero-order valence-corrected chi connectivity index (χ0v) is 22.7. The second-order valence-corrected chi connectivity index (χ2v) is 10.9. The summed E-state index contributed by atoms with van der Waals surface area (Å²) in [6, 6.07) is 7.44. The minimum absolute atomic E-state index is 0.0251. The molecule has 10 nitrogen and oxygen atoms in total. The third kappa shape index (κ3) is 5.94. The van der Waals surface area contributed by atoms with Gasteiger partial charge in [0.15, 0.2) is 5.82 Å². The molecule has 1 aliphatic carbocycles. The van der Waals surface area contributed by atoms with Gasteiger partial charge in [-0.15, -0.1) is 10.2 Å². The van der Waals surface area contributed by atoms with E-state index >= 15 is 0 Å². The van der Waals surface area contributed by atoms with E-state index in [0.29, 0.717) is 60.3 Å². The Morgan fingerprint density at radius 1 is 1.24 bits per heavy atom. The van der Waals surface area contributed by atoms with Gasteiger partial charge in [-0.3, -0.25) is 4.79 Å². The average Bonchev–Trinajstić information content (AvgIpc) is 3.69. The molecule has 3 heterocycles. The van der Waals surface area contributed by atoms with Crippen molar-refractivity contribution in [1.29, 1.82) is 5.26 Å². The molecule has 1 aromatic carbocycles. The predicted octanol–water partition coefficient (Wildman–Crippen LogP) is 3.20. The third-order valence-corrected chi connectivity index (χ3v) is 8.02. The summed E-state index contributed by atoms with van der Waals surface area (Å²) < 4.78 is 46.5. The Morgan fingerprint density at radius 3 is 2.66 bits per heavy atom. The van der Waals surface area contributed by atoms with Gasteiger partial charge in [0.1, 0.15) is 17.5 Å². The third-order valence-electron chi connectivity index (χ3n) is 8.02. The van der Waals surface area contributed by atoms with E-state index in [1.54, 1.807) is 23.1 Å². The minimum Gasteiger partial charge on any atom is -0.630 e. The number of nitrogens with two attached hydrogens (primary N) is 1. The molecule has 2 atom stereocenters. The number of likely N-dealkylation sites (tertiary alicyclic amines) is 1. The number of rotatable bonds is 8. The first-order chi connectivity index (χ1) is 19.6. The van der Waals surface area contributed by atoms with Crippen LogP contribution >= 0.6 is 0 Å². The molecule has 3 aliphatic rings. The Hall–Kier alpha value is -3.89. The molecule has 41 heavy (non-hydrogen) atoms. The molecule has 13 heteroatoms. The number of nitriles is 1. The van der Waals surface area contributed by atoms with Gasteiger partial charge in [-0.05, 0) is 49.3 Å². The Kier molecular flexibility index (Phi) is 8.06. The second-order valence-electron chi connectivity index (χ2n) is 10.9. The molecule has 2 aromatic rings. The van der Waals surface area contributed by atoms with Crippen LogP contribution in [0.3, 0.4) is 0 Å². The zero-order valence-electron chi connectivity index (χ0n) is 22.7. The Labute approximate surface area is 235 Å². The first kappa shape index (κ1) is 28.6. The number of ether oxygens (including phenoxy) is 1. The molecule has 2 N–H and O–H groups in total. The van der Waals surface area contributed by atoms with Gasteiger partial charge in [-0.25, -0.2) is 0 Å². The molecular weight excluding hydrogens is 539 g/mol. The molecule has 2 fully saturated rings. The Morgan fingerprint density at radius 2 is 2.02 bits per heavy atom. The smallest absolute Gasteiger partial charge is 0.451 e. The molecule has 1 amide bonds. The number of allylic oxidation sites excluding steroid dienone is 2. The number of carbonyl (C=O) groups excluding carboxylic acids is 1. The molecule has 2 unspecified atom stereocenters. The molecule has 0 radical (unpaired) electrons. The number of piperidine rings is 1. The SMILES string of the molecule is C=CC(C#N)=C(c1ccc(OCC2CC2)cc1[NH2+][O-])N1CCC(C(=O)N2CCn3c(nnc3C(F)(F)F)C2)C(C)C1. The normalized spacial score (nSPS) is 21.6. The number of carbonyl (C=O) groups is 1. The van der Waals surface area contributed by atoms with Gasteiger partial charge in [0.25, 0.3) is 0 Å². The molecule has 1 saturated heterocycles. The first-order valence-corrected chi connectivity index (χ1v) is 13.7. The number of alkyl halides is 3. The highest BCUT2D eigenvalue weighted by molar-refractivity contribution is 5.81. The van der Waals surface area contributed by atoms with Gasteiger partial charge in [-0.1, -0.05) is 13.5 Å². The quantitative estimate of drug-likeness (QED) is 0.223. The summed E-state index contributed by atoms with van der Waals surface area (Å²) in [5, 5.41) is 29.0. The fourth-order valence-electron chi connectivity index (χ4n) is 5.63. The number of amides is 1. The Bertz CT molecular complexity index is 1390. The number of fused-ring (bicyclic) bond motifs is 1. The highest BCUT2D eigenvalue weighted by atomic mass is 19.4. The molecule has 218 valence electrons.